The van der Waals surface area contributed by atoms with Crippen LogP contribution in [0.15, 0.2) is 106 Å². The number of carbonyl (C=O) groups is 4. The van der Waals surface area contributed by atoms with Gasteiger partial charge in [-0.1, -0.05) is 36.4 Å². The van der Waals surface area contributed by atoms with Crippen molar-refractivity contribution < 1.29 is 36.2 Å². The fourth-order valence-electron chi connectivity index (χ4n) is 4.89. The van der Waals surface area contributed by atoms with Crippen molar-refractivity contribution in [3.05, 3.63) is 116 Å². The number of nitrogens with zero attached hydrogens (tertiary/aromatic N) is 2. The molecule has 4 aliphatic rings. The fraction of sp³-hybridized carbons (Fsp3) is 0.200. The Hall–Kier alpha value is -3.76. The third kappa shape index (κ3) is 6.60. The molecule has 2 amide bonds. The number of carbonyl (C=O) groups excluding carboxylic acids is 4. The number of hydrazine groups is 2. The molecule has 8 nitrogen and oxygen atoms in total. The Balaban J connectivity index is 0.000000184. The van der Waals surface area contributed by atoms with E-state index in [1.165, 1.54) is 13.8 Å². The minimum Gasteiger partial charge on any atom is -0.299 e. The molecule has 0 aromatic carbocycles. The summed E-state index contributed by atoms with van der Waals surface area (Å²) in [6, 6.07) is 7.89. The number of rotatable bonds is 2. The smallest absolute Gasteiger partial charge is 0.238 e. The van der Waals surface area contributed by atoms with Gasteiger partial charge in [0.15, 0.2) is 11.6 Å². The van der Waals surface area contributed by atoms with E-state index < -0.39 is 0 Å². The van der Waals surface area contributed by atoms with E-state index >= 15 is 0 Å². The van der Waals surface area contributed by atoms with Crippen LogP contribution < -0.4 is 10.9 Å². The Morgan fingerprint density at radius 3 is 1.41 bits per heavy atom. The number of hydrogen-bond donors (Lipinski definition) is 2. The Labute approximate surface area is 256 Å². The van der Waals surface area contributed by atoms with Crippen molar-refractivity contribution in [2.24, 2.45) is 0 Å². The molecule has 6 rings (SSSR count). The molecule has 2 fully saturated rings. The first-order valence-electron chi connectivity index (χ1n) is 12.8. The van der Waals surface area contributed by atoms with Crippen LogP contribution in [0.1, 0.15) is 48.5 Å². The van der Waals surface area contributed by atoms with Gasteiger partial charge in [0.25, 0.3) is 0 Å². The third-order valence-corrected chi connectivity index (χ3v) is 8.72. The molecule has 2 atom stereocenters. The van der Waals surface area contributed by atoms with E-state index in [1.54, 1.807) is 69.1 Å². The molecule has 0 saturated carbocycles. The molecule has 41 heavy (non-hydrogen) atoms. The van der Waals surface area contributed by atoms with Crippen molar-refractivity contribution in [1.29, 1.82) is 0 Å². The number of amides is 2. The second kappa shape index (κ2) is 13.3. The van der Waals surface area contributed by atoms with E-state index in [0.29, 0.717) is 24.0 Å². The second-order valence-corrected chi connectivity index (χ2v) is 11.4. The maximum absolute atomic E-state index is 11.9. The summed E-state index contributed by atoms with van der Waals surface area (Å²) in [6.45, 7) is 3.05. The van der Waals surface area contributed by atoms with Gasteiger partial charge in [0, 0.05) is 76.1 Å². The molecule has 2 unspecified atom stereocenters. The maximum Gasteiger partial charge on any atom is 0.238 e. The van der Waals surface area contributed by atoms with Gasteiger partial charge in [-0.05, 0) is 47.2 Å². The molecule has 4 heterocycles. The first-order valence-corrected chi connectivity index (χ1v) is 14.5. The van der Waals surface area contributed by atoms with Crippen LogP contribution >= 0.6 is 22.7 Å². The third-order valence-electron chi connectivity index (χ3n) is 6.78. The second-order valence-electron chi connectivity index (χ2n) is 9.42. The first kappa shape index (κ1) is 30.2. The zero-order valence-corrected chi connectivity index (χ0v) is 24.9. The summed E-state index contributed by atoms with van der Waals surface area (Å²) < 4.78 is 0. The predicted molar refractivity (Wildman–Crippen MR) is 155 cm³/mol. The van der Waals surface area contributed by atoms with Gasteiger partial charge >= 0.3 is 0 Å². The van der Waals surface area contributed by atoms with Crippen molar-refractivity contribution in [1.82, 2.24) is 20.9 Å². The van der Waals surface area contributed by atoms with Crippen LogP contribution in [-0.4, -0.2) is 33.4 Å². The van der Waals surface area contributed by atoms with Gasteiger partial charge in [0.05, 0.1) is 12.1 Å². The molecule has 2 aliphatic heterocycles. The fourth-order valence-corrected chi connectivity index (χ4v) is 6.53. The van der Waals surface area contributed by atoms with Crippen LogP contribution in [0, 0.1) is 0 Å². The van der Waals surface area contributed by atoms with Crippen LogP contribution in [0.4, 0.5) is 0 Å². The normalized spacial score (nSPS) is 24.5. The van der Waals surface area contributed by atoms with E-state index in [1.807, 2.05) is 47.2 Å². The average molecular weight is 636 g/mol. The van der Waals surface area contributed by atoms with Gasteiger partial charge in [-0.25, -0.2) is 10.0 Å². The standard InChI is InChI=1S/2C15H14N2O2S.Cu/c2*1-10(18)17-13(15-7-4-8-20-15)9-12(16-17)11-5-2-3-6-14(11)19;/h2*2-8,13,16H,9H2,1H3;/b2*12-11-;. The van der Waals surface area contributed by atoms with E-state index in [9.17, 15) is 19.2 Å². The number of nitrogens with one attached hydrogen (secondary N) is 2. The van der Waals surface area contributed by atoms with Crippen LogP contribution in [0.2, 0.25) is 0 Å². The van der Waals surface area contributed by atoms with Crippen LogP contribution in [0.5, 0.6) is 0 Å². The summed E-state index contributed by atoms with van der Waals surface area (Å²) in [5, 5.41) is 7.20. The Morgan fingerprint density at radius 1 is 0.707 bits per heavy atom. The van der Waals surface area contributed by atoms with Gasteiger partial charge in [0.2, 0.25) is 11.8 Å². The number of ketones is 2. The summed E-state index contributed by atoms with van der Waals surface area (Å²) in [5.41, 5.74) is 9.08. The van der Waals surface area contributed by atoms with E-state index in [2.05, 4.69) is 10.9 Å². The minimum absolute atomic E-state index is 0. The molecule has 2 aromatic heterocycles. The predicted octanol–water partition coefficient (Wildman–Crippen LogP) is 4.99. The SMILES string of the molecule is CC(=O)N1N/C(=C2/C=CC=CC2=O)CC1c1cccs1.CC(=O)N1N/C(=C2/C=CC=CC2=O)CC1c1cccs1.[Cu]. The number of thiophene rings is 2. The number of hydrogen-bond acceptors (Lipinski definition) is 8. The van der Waals surface area contributed by atoms with E-state index in [4.69, 9.17) is 0 Å². The molecule has 0 bridgehead atoms. The van der Waals surface area contributed by atoms with Gasteiger partial charge in [-0.2, -0.15) is 0 Å². The molecule has 2 aliphatic carbocycles. The molecular formula is C30H28CuN4O4S2. The van der Waals surface area contributed by atoms with Crippen molar-refractivity contribution in [3.8, 4) is 0 Å². The monoisotopic (exact) mass is 635 g/mol. The molecule has 215 valence electrons. The van der Waals surface area contributed by atoms with Gasteiger partial charge in [-0.15, -0.1) is 22.7 Å². The van der Waals surface area contributed by atoms with Crippen molar-refractivity contribution >= 4 is 46.1 Å². The maximum atomic E-state index is 11.9. The Morgan fingerprint density at radius 2 is 1.10 bits per heavy atom. The van der Waals surface area contributed by atoms with Crippen LogP contribution in [0.25, 0.3) is 0 Å². The van der Waals surface area contributed by atoms with Crippen molar-refractivity contribution in [3.63, 3.8) is 0 Å². The summed E-state index contributed by atoms with van der Waals surface area (Å²) in [7, 11) is 0. The van der Waals surface area contributed by atoms with E-state index in [-0.39, 0.29) is 52.5 Å². The topological polar surface area (TPSA) is 98.8 Å². The summed E-state index contributed by atoms with van der Waals surface area (Å²) in [6.07, 6.45) is 15.1. The average Bonchev–Trinajstić information content (AvgIpc) is 3.74. The van der Waals surface area contributed by atoms with Crippen molar-refractivity contribution in [2.75, 3.05) is 0 Å². The quantitative estimate of drug-likeness (QED) is 0.357. The van der Waals surface area contributed by atoms with Gasteiger partial charge in [-0.3, -0.25) is 30.0 Å². The van der Waals surface area contributed by atoms with E-state index in [0.717, 1.165) is 21.1 Å². The summed E-state index contributed by atoms with van der Waals surface area (Å²) >= 11 is 3.23. The largest absolute Gasteiger partial charge is 0.299 e. The van der Waals surface area contributed by atoms with Gasteiger partial charge in [0.1, 0.15) is 0 Å². The molecule has 2 N–H and O–H groups in total. The Bertz CT molecular complexity index is 1400. The van der Waals surface area contributed by atoms with Crippen molar-refractivity contribution in [2.45, 2.75) is 38.8 Å². The summed E-state index contributed by atoms with van der Waals surface area (Å²) in [4.78, 5) is 49.6. The first-order chi connectivity index (χ1) is 19.3. The summed E-state index contributed by atoms with van der Waals surface area (Å²) in [5.74, 6) is -0.153. The molecular weight excluding hydrogens is 608 g/mol. The molecule has 2 aromatic rings. The molecule has 0 spiro atoms. The molecule has 11 heteroatoms. The van der Waals surface area contributed by atoms with Gasteiger partial charge < -0.3 is 0 Å². The van der Waals surface area contributed by atoms with Crippen LogP contribution in [0.3, 0.4) is 0 Å². The zero-order valence-electron chi connectivity index (χ0n) is 22.3. The molecule has 2 saturated heterocycles. The number of allylic oxidation sites excluding steroid dienone is 10. The Kier molecular flexibility index (Phi) is 9.77. The minimum atomic E-state index is -0.0539. The zero-order chi connectivity index (χ0) is 28.2. The molecule has 1 radical (unpaired) electrons. The van der Waals surface area contributed by atoms with Crippen LogP contribution in [-0.2, 0) is 36.2 Å².